The van der Waals surface area contributed by atoms with Crippen molar-refractivity contribution in [2.24, 2.45) is 0 Å². The Balaban J connectivity index is 1.53. The average molecular weight is 328 g/mol. The molecule has 0 bridgehead atoms. The molecule has 0 radical (unpaired) electrons. The highest BCUT2D eigenvalue weighted by Gasteiger charge is 2.16. The Hall–Kier alpha value is -3.74. The van der Waals surface area contributed by atoms with Crippen molar-refractivity contribution < 1.29 is 4.52 Å². The van der Waals surface area contributed by atoms with Gasteiger partial charge >= 0.3 is 0 Å². The molecule has 3 heterocycles. The van der Waals surface area contributed by atoms with Crippen molar-refractivity contribution in [3.63, 3.8) is 0 Å². The number of aromatic nitrogens is 6. The van der Waals surface area contributed by atoms with Crippen molar-refractivity contribution in [2.75, 3.05) is 0 Å². The van der Waals surface area contributed by atoms with Crippen molar-refractivity contribution in [2.45, 2.75) is 0 Å². The molecule has 5 rings (SSSR count). The van der Waals surface area contributed by atoms with Gasteiger partial charge in [-0.1, -0.05) is 40.7 Å². The summed E-state index contributed by atoms with van der Waals surface area (Å²) < 4.78 is 7.06. The summed E-state index contributed by atoms with van der Waals surface area (Å²) in [5, 5.41) is 13.4. The number of nitrogens with zero attached hydrogens (tertiary/aromatic N) is 5. The molecule has 0 saturated carbocycles. The van der Waals surface area contributed by atoms with Gasteiger partial charge in [0.25, 0.3) is 5.89 Å². The molecule has 25 heavy (non-hydrogen) atoms. The van der Waals surface area contributed by atoms with Crippen LogP contribution >= 0.6 is 0 Å². The fraction of sp³-hybridized carbons (Fsp3) is 0. The maximum absolute atomic E-state index is 5.39. The third-order valence-corrected chi connectivity index (χ3v) is 3.99. The number of benzene rings is 2. The lowest BCUT2D eigenvalue weighted by atomic mass is 10.1. The van der Waals surface area contributed by atoms with Crippen LogP contribution < -0.4 is 0 Å². The summed E-state index contributed by atoms with van der Waals surface area (Å²) in [5.41, 5.74) is 3.30. The maximum atomic E-state index is 5.39. The molecule has 0 saturated heterocycles. The summed E-state index contributed by atoms with van der Waals surface area (Å²) in [6.07, 6.45) is 3.66. The van der Waals surface area contributed by atoms with E-state index in [1.54, 1.807) is 10.9 Å². The van der Waals surface area contributed by atoms with Gasteiger partial charge in [0.1, 0.15) is 0 Å². The first-order valence-corrected chi connectivity index (χ1v) is 7.77. The van der Waals surface area contributed by atoms with Crippen molar-refractivity contribution in [1.82, 2.24) is 30.1 Å². The minimum Gasteiger partial charge on any atom is -0.361 e. The van der Waals surface area contributed by atoms with Gasteiger partial charge < -0.3 is 9.51 Å². The molecule has 7 nitrogen and oxygen atoms in total. The Morgan fingerprint density at radius 3 is 2.80 bits per heavy atom. The van der Waals surface area contributed by atoms with Crippen LogP contribution in [0, 0.1) is 0 Å². The summed E-state index contributed by atoms with van der Waals surface area (Å²) in [6.45, 7) is 0. The zero-order valence-electron chi connectivity index (χ0n) is 13.0. The first-order valence-electron chi connectivity index (χ1n) is 7.77. The molecule has 2 aromatic carbocycles. The smallest absolute Gasteiger partial charge is 0.280 e. The van der Waals surface area contributed by atoms with Crippen molar-refractivity contribution >= 4 is 10.9 Å². The number of hydrogen-bond acceptors (Lipinski definition) is 5. The highest BCUT2D eigenvalue weighted by Crippen LogP contribution is 2.27. The minimum atomic E-state index is 0.334. The number of fused-ring (bicyclic) bond motifs is 1. The number of para-hydroxylation sites is 2. The van der Waals surface area contributed by atoms with E-state index in [-0.39, 0.29) is 0 Å². The van der Waals surface area contributed by atoms with Crippen molar-refractivity contribution in [1.29, 1.82) is 0 Å². The molecule has 0 unspecified atom stereocenters. The maximum Gasteiger partial charge on any atom is 0.280 e. The lowest BCUT2D eigenvalue weighted by Gasteiger charge is -1.96. The molecule has 5 aromatic rings. The second-order valence-electron chi connectivity index (χ2n) is 5.55. The molecular formula is C18H12N6O. The van der Waals surface area contributed by atoms with E-state index in [0.717, 1.165) is 22.2 Å². The van der Waals surface area contributed by atoms with Gasteiger partial charge in [-0.15, -0.1) is 5.10 Å². The van der Waals surface area contributed by atoms with Crippen LogP contribution in [0.25, 0.3) is 39.6 Å². The third kappa shape index (κ3) is 2.29. The summed E-state index contributed by atoms with van der Waals surface area (Å²) >= 11 is 0. The van der Waals surface area contributed by atoms with E-state index in [9.17, 15) is 0 Å². The molecule has 1 N–H and O–H groups in total. The highest BCUT2D eigenvalue weighted by molar-refractivity contribution is 5.92. The second-order valence-corrected chi connectivity index (χ2v) is 5.55. The molecular weight excluding hydrogens is 316 g/mol. The van der Waals surface area contributed by atoms with Gasteiger partial charge in [0.15, 0.2) is 5.69 Å². The molecule has 0 aliphatic carbocycles. The molecule has 120 valence electrons. The Morgan fingerprint density at radius 1 is 0.960 bits per heavy atom. The number of hydrogen-bond donors (Lipinski definition) is 1. The van der Waals surface area contributed by atoms with Crippen LogP contribution in [-0.4, -0.2) is 30.1 Å². The zero-order valence-corrected chi connectivity index (χ0v) is 13.0. The van der Waals surface area contributed by atoms with Crippen LogP contribution in [-0.2, 0) is 0 Å². The number of rotatable bonds is 3. The van der Waals surface area contributed by atoms with E-state index in [2.05, 4.69) is 25.4 Å². The lowest BCUT2D eigenvalue weighted by Crippen LogP contribution is -1.93. The van der Waals surface area contributed by atoms with Crippen LogP contribution in [0.4, 0.5) is 0 Å². The van der Waals surface area contributed by atoms with Crippen molar-refractivity contribution in [3.8, 4) is 28.7 Å². The Labute approximate surface area is 141 Å². The molecule has 0 atom stereocenters. The van der Waals surface area contributed by atoms with E-state index < -0.39 is 0 Å². The van der Waals surface area contributed by atoms with E-state index in [4.69, 9.17) is 4.52 Å². The fourth-order valence-corrected chi connectivity index (χ4v) is 2.78. The molecule has 3 aromatic heterocycles. The van der Waals surface area contributed by atoms with Gasteiger partial charge in [0.05, 0.1) is 17.4 Å². The van der Waals surface area contributed by atoms with Gasteiger partial charge in [-0.3, -0.25) is 0 Å². The third-order valence-electron chi connectivity index (χ3n) is 3.99. The predicted molar refractivity (Wildman–Crippen MR) is 91.9 cm³/mol. The summed E-state index contributed by atoms with van der Waals surface area (Å²) in [7, 11) is 0. The van der Waals surface area contributed by atoms with Gasteiger partial charge in [0, 0.05) is 17.1 Å². The quantitative estimate of drug-likeness (QED) is 0.548. The van der Waals surface area contributed by atoms with Gasteiger partial charge in [-0.2, -0.15) is 4.98 Å². The molecule has 0 fully saturated rings. The van der Waals surface area contributed by atoms with Gasteiger partial charge in [-0.05, 0) is 24.3 Å². The largest absolute Gasteiger partial charge is 0.361 e. The molecule has 0 amide bonds. The van der Waals surface area contributed by atoms with E-state index in [0.29, 0.717) is 17.4 Å². The number of H-pyrrole nitrogens is 1. The van der Waals surface area contributed by atoms with Crippen LogP contribution in [0.3, 0.4) is 0 Å². The van der Waals surface area contributed by atoms with Gasteiger partial charge in [0.2, 0.25) is 5.82 Å². The number of aromatic amines is 1. The zero-order chi connectivity index (χ0) is 16.6. The topological polar surface area (TPSA) is 85.4 Å². The standard InChI is InChI=1S/C18H12N6O/c1-2-6-13(7-3-1)24-11-15(21-23-24)18-20-17(22-25-18)14-8-4-5-12-9-10-19-16(12)14/h1-11,19H. The van der Waals surface area contributed by atoms with E-state index >= 15 is 0 Å². The normalized spacial score (nSPS) is 11.2. The molecule has 7 heteroatoms. The highest BCUT2D eigenvalue weighted by atomic mass is 16.5. The average Bonchev–Trinajstić information content (AvgIpc) is 3.40. The predicted octanol–water partition coefficient (Wildman–Crippen LogP) is 3.47. The molecule has 0 aliphatic rings. The van der Waals surface area contributed by atoms with E-state index in [1.807, 2.05) is 60.8 Å². The van der Waals surface area contributed by atoms with Crippen LogP contribution in [0.2, 0.25) is 0 Å². The lowest BCUT2D eigenvalue weighted by molar-refractivity contribution is 0.431. The second kappa shape index (κ2) is 5.41. The van der Waals surface area contributed by atoms with Gasteiger partial charge in [-0.25, -0.2) is 4.68 Å². The Kier molecular flexibility index (Phi) is 2.96. The summed E-state index contributed by atoms with van der Waals surface area (Å²) in [4.78, 5) is 7.68. The minimum absolute atomic E-state index is 0.334. The van der Waals surface area contributed by atoms with Crippen LogP contribution in [0.5, 0.6) is 0 Å². The fourth-order valence-electron chi connectivity index (χ4n) is 2.78. The summed E-state index contributed by atoms with van der Waals surface area (Å²) in [6, 6.07) is 17.7. The SMILES string of the molecule is c1ccc(-n2cc(-c3nc(-c4cccc5cc[nH]c45)no3)nn2)cc1. The first kappa shape index (κ1) is 13.7. The Morgan fingerprint density at radius 2 is 1.88 bits per heavy atom. The van der Waals surface area contributed by atoms with Crippen LogP contribution in [0.1, 0.15) is 0 Å². The molecule has 0 aliphatic heterocycles. The van der Waals surface area contributed by atoms with E-state index in [1.165, 1.54) is 0 Å². The summed E-state index contributed by atoms with van der Waals surface area (Å²) in [5.74, 6) is 0.845. The molecule has 0 spiro atoms. The van der Waals surface area contributed by atoms with Crippen molar-refractivity contribution in [3.05, 3.63) is 67.0 Å². The first-order chi connectivity index (χ1) is 12.4. The van der Waals surface area contributed by atoms with Crippen LogP contribution in [0.15, 0.2) is 71.5 Å². The monoisotopic (exact) mass is 328 g/mol. The number of nitrogens with one attached hydrogen (secondary N) is 1. The Bertz CT molecular complexity index is 1150.